The van der Waals surface area contributed by atoms with E-state index in [1.54, 1.807) is 14.1 Å². The predicted octanol–water partition coefficient (Wildman–Crippen LogP) is 1.97. The van der Waals surface area contributed by atoms with Gasteiger partial charge in [-0.3, -0.25) is 9.69 Å². The molecule has 1 fully saturated rings. The molecule has 2 N–H and O–H groups in total. The first kappa shape index (κ1) is 24.9. The number of ether oxygens (including phenoxy) is 1. The molecule has 158 valence electrons. The smallest absolute Gasteiger partial charge is 0.243 e. The Bertz CT molecular complexity index is 639. The Morgan fingerprint density at radius 3 is 2.57 bits per heavy atom. The number of guanidine groups is 1. The third kappa shape index (κ3) is 7.73. The normalized spacial score (nSPS) is 16.1. The van der Waals surface area contributed by atoms with Crippen molar-refractivity contribution in [2.24, 2.45) is 4.99 Å². The number of aliphatic imine (C=N–C) groups is 1. The van der Waals surface area contributed by atoms with Gasteiger partial charge in [-0.2, -0.15) is 0 Å². The van der Waals surface area contributed by atoms with E-state index >= 15 is 0 Å². The van der Waals surface area contributed by atoms with E-state index in [1.807, 2.05) is 25.1 Å². The maximum absolute atomic E-state index is 11.8. The molecule has 0 spiro atoms. The highest BCUT2D eigenvalue weighted by Gasteiger charge is 2.24. The molecule has 1 heterocycles. The number of carbonyl (C=O) groups excluding carboxylic acids is 1. The molecule has 0 radical (unpaired) electrons. The zero-order valence-corrected chi connectivity index (χ0v) is 19.9. The van der Waals surface area contributed by atoms with Gasteiger partial charge in [-0.15, -0.1) is 24.0 Å². The van der Waals surface area contributed by atoms with Gasteiger partial charge in [-0.25, -0.2) is 4.99 Å². The molecule has 0 aromatic heterocycles. The molecule has 0 aliphatic carbocycles. The summed E-state index contributed by atoms with van der Waals surface area (Å²) in [6, 6.07) is 8.01. The van der Waals surface area contributed by atoms with Crippen LogP contribution >= 0.6 is 35.6 Å². The van der Waals surface area contributed by atoms with Crippen molar-refractivity contribution in [2.45, 2.75) is 13.0 Å². The van der Waals surface area contributed by atoms with Crippen molar-refractivity contribution >= 4 is 47.4 Å². The molecule has 1 atom stereocenters. The highest BCUT2D eigenvalue weighted by atomic mass is 127. The monoisotopic (exact) mass is 523 g/mol. The average molecular weight is 524 g/mol. The largest absolute Gasteiger partial charge is 0.379 e. The zero-order valence-electron chi connectivity index (χ0n) is 16.8. The molecule has 1 aliphatic heterocycles. The lowest BCUT2D eigenvalue weighted by atomic mass is 10.0. The fourth-order valence-electron chi connectivity index (χ4n) is 2.89. The van der Waals surface area contributed by atoms with Crippen LogP contribution in [0.25, 0.3) is 0 Å². The Balaban J connectivity index is 0.00000392. The standard InChI is InChI=1S/C19H30ClN5O2.HI/c1-4-21-19(23-14-18(26)24(2)3)22-13-17(25-9-11-27-12-10-25)15-7-5-6-8-16(15)20;/h5-8,17H,4,9-14H2,1-3H3,(H2,21,22,23);1H. The molecule has 1 saturated heterocycles. The summed E-state index contributed by atoms with van der Waals surface area (Å²) in [4.78, 5) is 20.1. The van der Waals surface area contributed by atoms with Crippen LogP contribution in [0.2, 0.25) is 5.02 Å². The Hall–Kier alpha value is -1.10. The minimum atomic E-state index is -0.0389. The summed E-state index contributed by atoms with van der Waals surface area (Å²) in [7, 11) is 3.45. The van der Waals surface area contributed by atoms with E-state index in [0.717, 1.165) is 30.2 Å². The Kier molecular flexibility index (Phi) is 11.7. The van der Waals surface area contributed by atoms with Crippen molar-refractivity contribution in [2.75, 3.05) is 60.0 Å². The van der Waals surface area contributed by atoms with Gasteiger partial charge in [0.1, 0.15) is 6.54 Å². The molecule has 0 saturated carbocycles. The molecular weight excluding hydrogens is 493 g/mol. The van der Waals surface area contributed by atoms with Crippen molar-refractivity contribution < 1.29 is 9.53 Å². The van der Waals surface area contributed by atoms with Crippen LogP contribution in [0.3, 0.4) is 0 Å². The van der Waals surface area contributed by atoms with Crippen LogP contribution in [0.4, 0.5) is 0 Å². The number of likely N-dealkylation sites (N-methyl/N-ethyl adjacent to an activating group) is 1. The summed E-state index contributed by atoms with van der Waals surface area (Å²) in [5.74, 6) is 0.584. The van der Waals surface area contributed by atoms with Crippen molar-refractivity contribution in [1.29, 1.82) is 0 Å². The van der Waals surface area contributed by atoms with Crippen LogP contribution in [-0.2, 0) is 9.53 Å². The van der Waals surface area contributed by atoms with Crippen LogP contribution in [0.5, 0.6) is 0 Å². The molecule has 1 aromatic carbocycles. The number of hydrogen-bond donors (Lipinski definition) is 2. The minimum absolute atomic E-state index is 0. The number of rotatable bonds is 7. The van der Waals surface area contributed by atoms with Gasteiger partial charge in [-0.1, -0.05) is 29.8 Å². The number of nitrogens with zero attached hydrogens (tertiary/aromatic N) is 3. The van der Waals surface area contributed by atoms with Gasteiger partial charge in [0.05, 0.1) is 19.3 Å². The Labute approximate surface area is 189 Å². The van der Waals surface area contributed by atoms with E-state index in [-0.39, 0.29) is 42.5 Å². The number of benzene rings is 1. The average Bonchev–Trinajstić information content (AvgIpc) is 2.67. The van der Waals surface area contributed by atoms with Crippen molar-refractivity contribution in [3.8, 4) is 0 Å². The molecule has 1 amide bonds. The van der Waals surface area contributed by atoms with Gasteiger partial charge in [0.25, 0.3) is 0 Å². The lowest BCUT2D eigenvalue weighted by molar-refractivity contribution is -0.127. The van der Waals surface area contributed by atoms with Crippen LogP contribution in [0, 0.1) is 0 Å². The number of amides is 1. The fraction of sp³-hybridized carbons (Fsp3) is 0.579. The van der Waals surface area contributed by atoms with Crippen LogP contribution in [0.1, 0.15) is 18.5 Å². The summed E-state index contributed by atoms with van der Waals surface area (Å²) in [5.41, 5.74) is 1.08. The lowest BCUT2D eigenvalue weighted by Crippen LogP contribution is -2.46. The number of halogens is 2. The molecule has 1 unspecified atom stereocenters. The number of carbonyl (C=O) groups is 1. The van der Waals surface area contributed by atoms with Gasteiger partial charge < -0.3 is 20.3 Å². The highest BCUT2D eigenvalue weighted by Crippen LogP contribution is 2.27. The van der Waals surface area contributed by atoms with E-state index in [1.165, 1.54) is 4.90 Å². The molecular formula is C19H31ClIN5O2. The van der Waals surface area contributed by atoms with Crippen molar-refractivity contribution in [3.63, 3.8) is 0 Å². The predicted molar refractivity (Wildman–Crippen MR) is 125 cm³/mol. The SMILES string of the molecule is CCNC(=NCC(=O)N(C)C)NCC(c1ccccc1Cl)N1CCOCC1.I. The summed E-state index contributed by atoms with van der Waals surface area (Å²) in [6.45, 7) is 6.59. The van der Waals surface area contributed by atoms with Crippen LogP contribution in [-0.4, -0.2) is 81.7 Å². The van der Waals surface area contributed by atoms with Gasteiger partial charge in [0, 0.05) is 45.3 Å². The van der Waals surface area contributed by atoms with Gasteiger partial charge in [0.15, 0.2) is 5.96 Å². The van der Waals surface area contributed by atoms with E-state index in [4.69, 9.17) is 16.3 Å². The van der Waals surface area contributed by atoms with E-state index in [2.05, 4.69) is 26.6 Å². The molecule has 1 aromatic rings. The van der Waals surface area contributed by atoms with E-state index in [0.29, 0.717) is 25.7 Å². The number of hydrogen-bond acceptors (Lipinski definition) is 4. The van der Waals surface area contributed by atoms with Crippen LogP contribution < -0.4 is 10.6 Å². The summed E-state index contributed by atoms with van der Waals surface area (Å²) in [5, 5.41) is 7.31. The highest BCUT2D eigenvalue weighted by molar-refractivity contribution is 14.0. The third-order valence-corrected chi connectivity index (χ3v) is 4.77. The zero-order chi connectivity index (χ0) is 19.6. The molecule has 0 bridgehead atoms. The van der Waals surface area contributed by atoms with Crippen molar-refractivity contribution in [3.05, 3.63) is 34.9 Å². The fourth-order valence-corrected chi connectivity index (χ4v) is 3.16. The van der Waals surface area contributed by atoms with E-state index < -0.39 is 0 Å². The second-order valence-electron chi connectivity index (χ2n) is 6.55. The number of nitrogens with one attached hydrogen (secondary N) is 2. The molecule has 28 heavy (non-hydrogen) atoms. The van der Waals surface area contributed by atoms with Crippen LogP contribution in [0.15, 0.2) is 29.3 Å². The van der Waals surface area contributed by atoms with Gasteiger partial charge in [-0.05, 0) is 18.6 Å². The third-order valence-electron chi connectivity index (χ3n) is 4.43. The molecule has 1 aliphatic rings. The first-order chi connectivity index (χ1) is 13.0. The quantitative estimate of drug-likeness (QED) is 0.325. The summed E-state index contributed by atoms with van der Waals surface area (Å²) in [6.07, 6.45) is 0. The number of morpholine rings is 1. The lowest BCUT2D eigenvalue weighted by Gasteiger charge is -2.35. The second kappa shape index (κ2) is 13.2. The second-order valence-corrected chi connectivity index (χ2v) is 6.96. The van der Waals surface area contributed by atoms with E-state index in [9.17, 15) is 4.79 Å². The molecule has 2 rings (SSSR count). The summed E-state index contributed by atoms with van der Waals surface area (Å²) >= 11 is 6.47. The molecule has 7 nitrogen and oxygen atoms in total. The minimum Gasteiger partial charge on any atom is -0.379 e. The first-order valence-electron chi connectivity index (χ1n) is 9.31. The Morgan fingerprint density at radius 1 is 1.29 bits per heavy atom. The topological polar surface area (TPSA) is 69.2 Å². The van der Waals surface area contributed by atoms with Gasteiger partial charge >= 0.3 is 0 Å². The maximum atomic E-state index is 11.8. The maximum Gasteiger partial charge on any atom is 0.243 e. The molecule has 9 heteroatoms. The van der Waals surface area contributed by atoms with Crippen molar-refractivity contribution in [1.82, 2.24) is 20.4 Å². The first-order valence-corrected chi connectivity index (χ1v) is 9.69. The summed E-state index contributed by atoms with van der Waals surface area (Å²) < 4.78 is 5.49. The van der Waals surface area contributed by atoms with Gasteiger partial charge in [0.2, 0.25) is 5.91 Å². The Morgan fingerprint density at radius 2 is 1.96 bits per heavy atom.